The van der Waals surface area contributed by atoms with Gasteiger partial charge in [-0.2, -0.15) is 0 Å². The Morgan fingerprint density at radius 2 is 1.63 bits per heavy atom. The van der Waals surface area contributed by atoms with Crippen LogP contribution in [0, 0.1) is 0 Å². The summed E-state index contributed by atoms with van der Waals surface area (Å²) in [5.74, 6) is 1.14. The summed E-state index contributed by atoms with van der Waals surface area (Å²) in [6, 6.07) is 18.3. The first-order valence-corrected chi connectivity index (χ1v) is 6.76. The molecule has 0 amide bonds. The van der Waals surface area contributed by atoms with Crippen molar-refractivity contribution in [2.45, 2.75) is 25.8 Å². The number of para-hydroxylation sites is 1. The largest absolute Gasteiger partial charge is 0.494 e. The Labute approximate surface area is 115 Å². The highest BCUT2D eigenvalue weighted by Crippen LogP contribution is 2.33. The summed E-state index contributed by atoms with van der Waals surface area (Å²) >= 11 is 0. The second-order valence-corrected chi connectivity index (χ2v) is 4.70. The van der Waals surface area contributed by atoms with Crippen molar-refractivity contribution < 1.29 is 4.74 Å². The smallest absolute Gasteiger partial charge is 0.124 e. The zero-order valence-corrected chi connectivity index (χ0v) is 11.5. The predicted octanol–water partition coefficient (Wildman–Crippen LogP) is 3.89. The van der Waals surface area contributed by atoms with Crippen molar-refractivity contribution in [2.24, 2.45) is 5.73 Å². The Morgan fingerprint density at radius 3 is 2.32 bits per heavy atom. The normalized spacial score (nSPS) is 13.8. The van der Waals surface area contributed by atoms with Gasteiger partial charge in [-0.25, -0.2) is 0 Å². The topological polar surface area (TPSA) is 35.2 Å². The molecular formula is C17H21NO. The van der Waals surface area contributed by atoms with Crippen molar-refractivity contribution in [1.82, 2.24) is 0 Å². The van der Waals surface area contributed by atoms with Gasteiger partial charge < -0.3 is 10.5 Å². The van der Waals surface area contributed by atoms with Crippen LogP contribution in [0.25, 0.3) is 0 Å². The molecular weight excluding hydrogens is 234 g/mol. The van der Waals surface area contributed by atoms with Crippen LogP contribution >= 0.6 is 0 Å². The maximum Gasteiger partial charge on any atom is 0.124 e. The van der Waals surface area contributed by atoms with E-state index in [2.05, 4.69) is 25.1 Å². The van der Waals surface area contributed by atoms with E-state index in [4.69, 9.17) is 10.5 Å². The van der Waals surface area contributed by atoms with Gasteiger partial charge in [-0.15, -0.1) is 0 Å². The third-order valence-electron chi connectivity index (χ3n) is 3.44. The minimum absolute atomic E-state index is 0.0647. The van der Waals surface area contributed by atoms with Crippen molar-refractivity contribution in [3.05, 3.63) is 65.7 Å². The quantitative estimate of drug-likeness (QED) is 0.879. The summed E-state index contributed by atoms with van der Waals surface area (Å²) < 4.78 is 5.66. The van der Waals surface area contributed by atoms with Gasteiger partial charge in [-0.05, 0) is 18.6 Å². The average molecular weight is 255 g/mol. The standard InChI is InChI=1S/C17H21NO/c1-3-19-16-12-8-7-11-15(16)17(18)13(2)14-9-5-4-6-10-14/h4-13,17H,3,18H2,1-2H3. The van der Waals surface area contributed by atoms with E-state index in [1.807, 2.05) is 43.3 Å². The van der Waals surface area contributed by atoms with Gasteiger partial charge in [0.1, 0.15) is 5.75 Å². The minimum Gasteiger partial charge on any atom is -0.494 e. The molecule has 0 aromatic heterocycles. The van der Waals surface area contributed by atoms with Crippen molar-refractivity contribution in [2.75, 3.05) is 6.61 Å². The van der Waals surface area contributed by atoms with Crippen molar-refractivity contribution in [1.29, 1.82) is 0 Å². The van der Waals surface area contributed by atoms with E-state index in [0.29, 0.717) is 6.61 Å². The van der Waals surface area contributed by atoms with Crippen LogP contribution < -0.4 is 10.5 Å². The molecule has 0 fully saturated rings. The molecule has 0 saturated carbocycles. The van der Waals surface area contributed by atoms with E-state index in [-0.39, 0.29) is 12.0 Å². The summed E-state index contributed by atoms with van der Waals surface area (Å²) in [5, 5.41) is 0. The van der Waals surface area contributed by atoms with Crippen LogP contribution in [-0.2, 0) is 0 Å². The highest BCUT2D eigenvalue weighted by Gasteiger charge is 2.19. The third kappa shape index (κ3) is 3.15. The number of hydrogen-bond acceptors (Lipinski definition) is 2. The molecule has 2 N–H and O–H groups in total. The molecule has 2 heteroatoms. The Kier molecular flexibility index (Phi) is 4.58. The van der Waals surface area contributed by atoms with E-state index < -0.39 is 0 Å². The fourth-order valence-corrected chi connectivity index (χ4v) is 2.28. The molecule has 2 aromatic carbocycles. The molecule has 2 rings (SSSR count). The molecule has 0 saturated heterocycles. The molecule has 0 aliphatic heterocycles. The Bertz CT molecular complexity index is 510. The molecule has 0 aliphatic carbocycles. The molecule has 2 aromatic rings. The Morgan fingerprint density at radius 1 is 1.00 bits per heavy atom. The summed E-state index contributed by atoms with van der Waals surface area (Å²) in [5.41, 5.74) is 8.74. The molecule has 0 aliphatic rings. The van der Waals surface area contributed by atoms with Gasteiger partial charge >= 0.3 is 0 Å². The molecule has 0 spiro atoms. The summed E-state index contributed by atoms with van der Waals surface area (Å²) in [7, 11) is 0. The predicted molar refractivity (Wildman–Crippen MR) is 79.4 cm³/mol. The van der Waals surface area contributed by atoms with Gasteiger partial charge in [0, 0.05) is 17.5 Å². The Balaban J connectivity index is 2.26. The Hall–Kier alpha value is -1.80. The van der Waals surface area contributed by atoms with Crippen molar-refractivity contribution in [3.63, 3.8) is 0 Å². The third-order valence-corrected chi connectivity index (χ3v) is 3.44. The van der Waals surface area contributed by atoms with Crippen LogP contribution in [0.5, 0.6) is 5.75 Å². The first kappa shape index (κ1) is 13.6. The molecule has 2 nitrogen and oxygen atoms in total. The lowest BCUT2D eigenvalue weighted by molar-refractivity contribution is 0.332. The van der Waals surface area contributed by atoms with Crippen LogP contribution in [0.4, 0.5) is 0 Å². The van der Waals surface area contributed by atoms with Gasteiger partial charge in [0.2, 0.25) is 0 Å². The molecule has 0 bridgehead atoms. The molecule has 2 atom stereocenters. The first-order chi connectivity index (χ1) is 9.24. The van der Waals surface area contributed by atoms with Gasteiger partial charge in [-0.1, -0.05) is 55.5 Å². The maximum atomic E-state index is 6.42. The fourth-order valence-electron chi connectivity index (χ4n) is 2.28. The van der Waals surface area contributed by atoms with E-state index in [1.165, 1.54) is 5.56 Å². The van der Waals surface area contributed by atoms with E-state index in [0.717, 1.165) is 11.3 Å². The van der Waals surface area contributed by atoms with Crippen LogP contribution in [-0.4, -0.2) is 6.61 Å². The molecule has 19 heavy (non-hydrogen) atoms. The second kappa shape index (κ2) is 6.39. The summed E-state index contributed by atoms with van der Waals surface area (Å²) in [4.78, 5) is 0. The van der Waals surface area contributed by atoms with Crippen LogP contribution in [0.2, 0.25) is 0 Å². The maximum absolute atomic E-state index is 6.42. The summed E-state index contributed by atoms with van der Waals surface area (Å²) in [6.45, 7) is 4.80. The van der Waals surface area contributed by atoms with E-state index in [9.17, 15) is 0 Å². The van der Waals surface area contributed by atoms with Crippen LogP contribution in [0.15, 0.2) is 54.6 Å². The lowest BCUT2D eigenvalue weighted by Crippen LogP contribution is -2.18. The highest BCUT2D eigenvalue weighted by molar-refractivity contribution is 5.38. The molecule has 2 unspecified atom stereocenters. The second-order valence-electron chi connectivity index (χ2n) is 4.70. The molecule has 0 radical (unpaired) electrons. The number of benzene rings is 2. The first-order valence-electron chi connectivity index (χ1n) is 6.76. The van der Waals surface area contributed by atoms with Crippen LogP contribution in [0.1, 0.15) is 36.9 Å². The van der Waals surface area contributed by atoms with Crippen molar-refractivity contribution in [3.8, 4) is 5.75 Å². The lowest BCUT2D eigenvalue weighted by Gasteiger charge is -2.23. The zero-order valence-electron chi connectivity index (χ0n) is 11.5. The lowest BCUT2D eigenvalue weighted by atomic mass is 9.89. The average Bonchev–Trinajstić information content (AvgIpc) is 2.47. The molecule has 100 valence electrons. The van der Waals surface area contributed by atoms with Gasteiger partial charge in [-0.3, -0.25) is 0 Å². The van der Waals surface area contributed by atoms with Crippen molar-refractivity contribution >= 4 is 0 Å². The fraction of sp³-hybridized carbons (Fsp3) is 0.294. The molecule has 0 heterocycles. The van der Waals surface area contributed by atoms with Gasteiger partial charge in [0.05, 0.1) is 6.61 Å². The number of hydrogen-bond donors (Lipinski definition) is 1. The minimum atomic E-state index is -0.0647. The van der Waals surface area contributed by atoms with E-state index in [1.54, 1.807) is 0 Å². The zero-order chi connectivity index (χ0) is 13.7. The number of nitrogens with two attached hydrogens (primary N) is 1. The van der Waals surface area contributed by atoms with Crippen LogP contribution in [0.3, 0.4) is 0 Å². The summed E-state index contributed by atoms with van der Waals surface area (Å²) in [6.07, 6.45) is 0. The van der Waals surface area contributed by atoms with Gasteiger partial charge in [0.15, 0.2) is 0 Å². The monoisotopic (exact) mass is 255 g/mol. The SMILES string of the molecule is CCOc1ccccc1C(N)C(C)c1ccccc1. The highest BCUT2D eigenvalue weighted by atomic mass is 16.5. The number of rotatable bonds is 5. The number of ether oxygens (including phenoxy) is 1. The van der Waals surface area contributed by atoms with Gasteiger partial charge in [0.25, 0.3) is 0 Å². The van der Waals surface area contributed by atoms with E-state index >= 15 is 0 Å².